The van der Waals surface area contributed by atoms with Gasteiger partial charge < -0.3 is 20.3 Å². The maximum Gasteiger partial charge on any atom is 0.274 e. The van der Waals surface area contributed by atoms with Crippen molar-refractivity contribution < 1.29 is 31.9 Å². The van der Waals surface area contributed by atoms with Gasteiger partial charge in [0.25, 0.3) is 11.1 Å². The standard InChI is InChI=1S/C36H44FN5O6S2/c1-22-13-14-27-30(17-22)49-34(39-27)48-26-19-29-31(43)40-36(33(45)41-50(46,47)35(2)15-16-35)20-23(36)9-6-4-3-5-7-12-28(32(44)42(29)21-26)38-25-11-8-10-24(37)18-25/h8,10-11,13-14,17-18,23,26,28-29,38H,3-7,9,12,15-16,19-21H2,1-2H3,(H,40,43)(H,41,45)/t23-,26-,28+,29+,36-/m1/s1. The third kappa shape index (κ3) is 7.05. The van der Waals surface area contributed by atoms with Gasteiger partial charge >= 0.3 is 0 Å². The number of hydrogen-bond acceptors (Lipinski definition) is 9. The van der Waals surface area contributed by atoms with Crippen molar-refractivity contribution in [3.63, 3.8) is 0 Å². The number of nitrogens with one attached hydrogen (secondary N) is 3. The van der Waals surface area contributed by atoms with Crippen LogP contribution in [0, 0.1) is 18.7 Å². The number of aryl methyl sites for hydroxylation is 1. The Balaban J connectivity index is 1.18. The van der Waals surface area contributed by atoms with Gasteiger partial charge in [-0.05, 0) is 87.8 Å². The van der Waals surface area contributed by atoms with E-state index in [1.807, 2.05) is 25.1 Å². The van der Waals surface area contributed by atoms with Crippen LogP contribution in [0.4, 0.5) is 10.1 Å². The lowest BCUT2D eigenvalue weighted by Crippen LogP contribution is -2.58. The van der Waals surface area contributed by atoms with Gasteiger partial charge in [-0.25, -0.2) is 17.8 Å². The number of nitrogens with zero attached hydrogens (tertiary/aromatic N) is 2. The summed E-state index contributed by atoms with van der Waals surface area (Å²) in [6, 6.07) is 10.1. The number of halogens is 1. The quantitative estimate of drug-likeness (QED) is 0.302. The summed E-state index contributed by atoms with van der Waals surface area (Å²) < 4.78 is 49.0. The molecule has 3 N–H and O–H groups in total. The molecule has 3 heterocycles. The zero-order chi connectivity index (χ0) is 35.3. The molecular weight excluding hydrogens is 682 g/mol. The smallest absolute Gasteiger partial charge is 0.274 e. The number of rotatable bonds is 7. The highest BCUT2D eigenvalue weighted by molar-refractivity contribution is 7.91. The second kappa shape index (κ2) is 13.4. The number of carbonyl (C=O) groups is 3. The highest BCUT2D eigenvalue weighted by Gasteiger charge is 2.63. The Morgan fingerprint density at radius 2 is 1.84 bits per heavy atom. The summed E-state index contributed by atoms with van der Waals surface area (Å²) in [5, 5.41) is 6.61. The number of thiazole rings is 1. The maximum absolute atomic E-state index is 14.4. The molecular formula is C36H44FN5O6S2. The Bertz CT molecular complexity index is 1920. The van der Waals surface area contributed by atoms with Crippen LogP contribution in [-0.4, -0.2) is 71.0 Å². The van der Waals surface area contributed by atoms with E-state index in [1.165, 1.54) is 28.4 Å². The van der Waals surface area contributed by atoms with Crippen molar-refractivity contribution >= 4 is 55.0 Å². The van der Waals surface area contributed by atoms with Crippen LogP contribution < -0.4 is 20.1 Å². The van der Waals surface area contributed by atoms with Gasteiger partial charge in [0, 0.05) is 12.1 Å². The lowest BCUT2D eigenvalue weighted by atomic mass is 10.0. The highest BCUT2D eigenvalue weighted by atomic mass is 32.2. The average Bonchev–Trinajstić information content (AvgIpc) is 3.88. The van der Waals surface area contributed by atoms with E-state index < -0.39 is 56.1 Å². The minimum atomic E-state index is -3.93. The van der Waals surface area contributed by atoms with Crippen molar-refractivity contribution in [3.05, 3.63) is 53.8 Å². The summed E-state index contributed by atoms with van der Waals surface area (Å²) in [5.41, 5.74) is 0.960. The van der Waals surface area contributed by atoms with Gasteiger partial charge in [0.15, 0.2) is 0 Å². The molecule has 5 atom stereocenters. The molecule has 7 rings (SSSR count). The first-order valence-corrected chi connectivity index (χ1v) is 19.9. The summed E-state index contributed by atoms with van der Waals surface area (Å²) in [6.07, 6.45) is 6.30. The lowest BCUT2D eigenvalue weighted by Gasteiger charge is -2.30. The zero-order valence-corrected chi connectivity index (χ0v) is 30.0. The first-order valence-electron chi connectivity index (χ1n) is 17.6. The molecule has 2 saturated carbocycles. The summed E-state index contributed by atoms with van der Waals surface area (Å²) in [7, 11) is -3.93. The topological polar surface area (TPSA) is 147 Å². The molecule has 4 aliphatic rings. The van der Waals surface area contributed by atoms with Crippen molar-refractivity contribution in [2.24, 2.45) is 5.92 Å². The molecule has 14 heteroatoms. The molecule has 2 aromatic carbocycles. The van der Waals surface area contributed by atoms with Crippen LogP contribution in [0.1, 0.15) is 83.1 Å². The van der Waals surface area contributed by atoms with Crippen LogP contribution >= 0.6 is 11.3 Å². The fourth-order valence-corrected chi connectivity index (χ4v) is 9.63. The lowest BCUT2D eigenvalue weighted by molar-refractivity contribution is -0.140. The van der Waals surface area contributed by atoms with Gasteiger partial charge in [-0.1, -0.05) is 55.6 Å². The maximum atomic E-state index is 14.4. The fraction of sp³-hybridized carbons (Fsp3) is 0.556. The molecule has 11 nitrogen and oxygen atoms in total. The number of aromatic nitrogens is 1. The molecule has 50 heavy (non-hydrogen) atoms. The second-order valence-electron chi connectivity index (χ2n) is 14.7. The normalized spacial score (nSPS) is 28.4. The summed E-state index contributed by atoms with van der Waals surface area (Å²) in [4.78, 5) is 48.7. The van der Waals surface area contributed by atoms with Gasteiger partial charge in [-0.15, -0.1) is 0 Å². The number of ether oxygens (including phenoxy) is 1. The monoisotopic (exact) mass is 725 g/mol. The van der Waals surface area contributed by atoms with Crippen molar-refractivity contribution in [3.8, 4) is 5.19 Å². The summed E-state index contributed by atoms with van der Waals surface area (Å²) >= 11 is 1.39. The van der Waals surface area contributed by atoms with Crippen LogP contribution in [-0.2, 0) is 24.4 Å². The molecule has 2 aliphatic carbocycles. The molecule has 4 fully saturated rings. The van der Waals surface area contributed by atoms with Crippen LogP contribution in [0.3, 0.4) is 0 Å². The van der Waals surface area contributed by atoms with E-state index in [4.69, 9.17) is 4.74 Å². The SMILES string of the molecule is Cc1ccc2nc(O[C@@H]3C[C@H]4C(=O)N[C@]5(C(=O)NS(=O)(=O)C6(C)CC6)C[C@H]5CCCCCCC[C@H](Nc5cccc(F)c5)C(=O)N4C3)sc2c1. The largest absolute Gasteiger partial charge is 0.465 e. The third-order valence-electron chi connectivity index (χ3n) is 10.8. The predicted molar refractivity (Wildman–Crippen MR) is 189 cm³/mol. The van der Waals surface area contributed by atoms with Gasteiger partial charge in [0.05, 0.1) is 21.5 Å². The number of benzene rings is 2. The second-order valence-corrected chi connectivity index (χ2v) is 17.9. The Hall–Kier alpha value is -3.78. The summed E-state index contributed by atoms with van der Waals surface area (Å²) in [6.45, 7) is 3.71. The van der Waals surface area contributed by atoms with Crippen molar-refractivity contribution in [2.45, 2.75) is 113 Å². The Morgan fingerprint density at radius 1 is 1.08 bits per heavy atom. The minimum Gasteiger partial charge on any atom is -0.465 e. The van der Waals surface area contributed by atoms with E-state index in [2.05, 4.69) is 20.3 Å². The number of anilines is 1. The molecule has 0 unspecified atom stereocenters. The van der Waals surface area contributed by atoms with Gasteiger partial charge in [0.1, 0.15) is 29.5 Å². The van der Waals surface area contributed by atoms with Gasteiger partial charge in [-0.3, -0.25) is 19.1 Å². The summed E-state index contributed by atoms with van der Waals surface area (Å²) in [5.74, 6) is -2.23. The molecule has 3 aromatic rings. The number of hydrogen-bond donors (Lipinski definition) is 3. The van der Waals surface area contributed by atoms with E-state index in [0.717, 1.165) is 47.9 Å². The number of carbonyl (C=O) groups excluding carboxylic acids is 3. The number of amides is 3. The van der Waals surface area contributed by atoms with Crippen molar-refractivity contribution in [1.29, 1.82) is 0 Å². The first kappa shape index (κ1) is 34.7. The molecule has 0 radical (unpaired) electrons. The Morgan fingerprint density at radius 3 is 2.60 bits per heavy atom. The van der Waals surface area contributed by atoms with Crippen LogP contribution in [0.5, 0.6) is 5.19 Å². The predicted octanol–water partition coefficient (Wildman–Crippen LogP) is 5.19. The zero-order valence-electron chi connectivity index (χ0n) is 28.4. The minimum absolute atomic E-state index is 0.0998. The highest BCUT2D eigenvalue weighted by Crippen LogP contribution is 2.49. The molecule has 0 spiro atoms. The molecule has 0 bridgehead atoms. The van der Waals surface area contributed by atoms with E-state index in [0.29, 0.717) is 43.0 Å². The van der Waals surface area contributed by atoms with E-state index >= 15 is 0 Å². The van der Waals surface area contributed by atoms with Gasteiger partial charge in [-0.2, -0.15) is 0 Å². The number of sulfonamides is 1. The van der Waals surface area contributed by atoms with E-state index in [-0.39, 0.29) is 24.8 Å². The molecule has 2 aliphatic heterocycles. The van der Waals surface area contributed by atoms with E-state index in [1.54, 1.807) is 19.1 Å². The first-order chi connectivity index (χ1) is 23.9. The fourth-order valence-electron chi connectivity index (χ4n) is 7.34. The molecule has 268 valence electrons. The van der Waals surface area contributed by atoms with Crippen molar-refractivity contribution in [2.75, 3.05) is 11.9 Å². The molecule has 3 amide bonds. The van der Waals surface area contributed by atoms with Crippen LogP contribution in [0.25, 0.3) is 10.2 Å². The van der Waals surface area contributed by atoms with Crippen molar-refractivity contribution in [1.82, 2.24) is 19.9 Å². The average molecular weight is 726 g/mol. The Labute approximate surface area is 295 Å². The number of fused-ring (bicyclic) bond motifs is 3. The van der Waals surface area contributed by atoms with E-state index in [9.17, 15) is 27.2 Å². The molecule has 1 aromatic heterocycles. The molecule has 2 saturated heterocycles. The van der Waals surface area contributed by atoms with Crippen LogP contribution in [0.2, 0.25) is 0 Å². The van der Waals surface area contributed by atoms with Gasteiger partial charge in [0.2, 0.25) is 21.8 Å². The third-order valence-corrected chi connectivity index (χ3v) is 13.9. The Kier molecular flexibility index (Phi) is 9.29. The van der Waals surface area contributed by atoms with Crippen LogP contribution in [0.15, 0.2) is 42.5 Å².